The molecule has 0 aliphatic heterocycles. The molecule has 3 rings (SSSR count). The molecule has 0 saturated carbocycles. The van der Waals surface area contributed by atoms with Crippen LogP contribution in [0, 0.1) is 6.92 Å². The number of hydrogen-bond donors (Lipinski definition) is 2. The Morgan fingerprint density at radius 3 is 2.86 bits per heavy atom. The van der Waals surface area contributed by atoms with E-state index >= 15 is 0 Å². The third kappa shape index (κ3) is 2.52. The van der Waals surface area contributed by atoms with E-state index in [1.54, 1.807) is 13.0 Å². The van der Waals surface area contributed by atoms with Crippen LogP contribution < -0.4 is 5.32 Å². The van der Waals surface area contributed by atoms with E-state index in [0.29, 0.717) is 17.3 Å². The highest BCUT2D eigenvalue weighted by Crippen LogP contribution is 2.19. The Kier molecular flexibility index (Phi) is 3.01. The van der Waals surface area contributed by atoms with Crippen molar-refractivity contribution in [1.82, 2.24) is 20.4 Å². The van der Waals surface area contributed by atoms with Gasteiger partial charge in [-0.1, -0.05) is 5.16 Å². The maximum atomic E-state index is 12.4. The van der Waals surface area contributed by atoms with E-state index in [-0.39, 0.29) is 5.91 Å². The number of fused-ring (bicyclic) bond motifs is 1. The van der Waals surface area contributed by atoms with Crippen molar-refractivity contribution >= 4 is 16.8 Å². The molecule has 21 heavy (non-hydrogen) atoms. The summed E-state index contributed by atoms with van der Waals surface area (Å²) >= 11 is 0. The van der Waals surface area contributed by atoms with E-state index in [2.05, 4.69) is 20.4 Å². The fraction of sp³-hybridized carbons (Fsp3) is 0.267. The maximum Gasteiger partial charge on any atom is 0.252 e. The molecule has 6 heteroatoms. The average Bonchev–Trinajstić information content (AvgIpc) is 3.05. The van der Waals surface area contributed by atoms with Crippen LogP contribution in [0.4, 0.5) is 0 Å². The van der Waals surface area contributed by atoms with Crippen molar-refractivity contribution in [2.75, 3.05) is 0 Å². The molecule has 0 aliphatic rings. The normalized spacial score (nSPS) is 11.8. The van der Waals surface area contributed by atoms with Crippen LogP contribution in [0.5, 0.6) is 0 Å². The first kappa shape index (κ1) is 13.4. The summed E-state index contributed by atoms with van der Waals surface area (Å²) in [7, 11) is 0. The standard InChI is InChI=1S/C15H16N4O2/c1-9-17-14(19-21-9)15(2,3)18-13(20)11-4-5-12-10(8-11)6-7-16-12/h4-8,16H,1-3H3,(H,18,20). The van der Waals surface area contributed by atoms with Gasteiger partial charge < -0.3 is 14.8 Å². The van der Waals surface area contributed by atoms with Gasteiger partial charge in [0.1, 0.15) is 0 Å². The predicted octanol–water partition coefficient (Wildman–Crippen LogP) is 2.52. The van der Waals surface area contributed by atoms with E-state index in [4.69, 9.17) is 4.52 Å². The molecule has 0 aliphatic carbocycles. The third-order valence-electron chi connectivity index (χ3n) is 3.33. The Balaban J connectivity index is 1.84. The molecule has 3 aromatic rings. The number of amides is 1. The predicted molar refractivity (Wildman–Crippen MR) is 77.8 cm³/mol. The molecular weight excluding hydrogens is 268 g/mol. The highest BCUT2D eigenvalue weighted by Gasteiger charge is 2.28. The molecule has 0 radical (unpaired) electrons. The lowest BCUT2D eigenvalue weighted by atomic mass is 10.0. The van der Waals surface area contributed by atoms with Crippen molar-refractivity contribution in [3.63, 3.8) is 0 Å². The van der Waals surface area contributed by atoms with Crippen molar-refractivity contribution < 1.29 is 9.32 Å². The molecule has 2 N–H and O–H groups in total. The van der Waals surface area contributed by atoms with Crippen molar-refractivity contribution in [2.45, 2.75) is 26.3 Å². The Hall–Kier alpha value is -2.63. The van der Waals surface area contributed by atoms with Gasteiger partial charge in [-0.2, -0.15) is 4.98 Å². The molecule has 2 aromatic heterocycles. The number of benzene rings is 1. The molecule has 6 nitrogen and oxygen atoms in total. The Labute approximate surface area is 121 Å². The fourth-order valence-electron chi connectivity index (χ4n) is 2.16. The van der Waals surface area contributed by atoms with Gasteiger partial charge in [0.15, 0.2) is 5.82 Å². The van der Waals surface area contributed by atoms with Gasteiger partial charge in [0.2, 0.25) is 5.89 Å². The van der Waals surface area contributed by atoms with Crippen LogP contribution in [0.2, 0.25) is 0 Å². The first-order valence-corrected chi connectivity index (χ1v) is 6.66. The molecule has 0 unspecified atom stereocenters. The van der Waals surface area contributed by atoms with Crippen LogP contribution in [-0.2, 0) is 5.54 Å². The molecule has 0 fully saturated rings. The fourth-order valence-corrected chi connectivity index (χ4v) is 2.16. The van der Waals surface area contributed by atoms with Crippen LogP contribution in [0.25, 0.3) is 10.9 Å². The van der Waals surface area contributed by atoms with Gasteiger partial charge >= 0.3 is 0 Å². The number of aromatic amines is 1. The van der Waals surface area contributed by atoms with Gasteiger partial charge in [0, 0.05) is 29.6 Å². The van der Waals surface area contributed by atoms with E-state index < -0.39 is 5.54 Å². The van der Waals surface area contributed by atoms with E-state index in [9.17, 15) is 4.79 Å². The molecule has 0 spiro atoms. The van der Waals surface area contributed by atoms with Gasteiger partial charge in [-0.25, -0.2) is 0 Å². The lowest BCUT2D eigenvalue weighted by Gasteiger charge is -2.22. The van der Waals surface area contributed by atoms with Gasteiger partial charge in [0.25, 0.3) is 5.91 Å². The van der Waals surface area contributed by atoms with Crippen LogP contribution in [-0.4, -0.2) is 21.0 Å². The number of hydrogen-bond acceptors (Lipinski definition) is 4. The Morgan fingerprint density at radius 1 is 1.33 bits per heavy atom. The minimum absolute atomic E-state index is 0.175. The van der Waals surface area contributed by atoms with Gasteiger partial charge in [0.05, 0.1) is 5.54 Å². The topological polar surface area (TPSA) is 83.8 Å². The summed E-state index contributed by atoms with van der Waals surface area (Å²) in [6.07, 6.45) is 1.85. The number of aromatic nitrogens is 3. The number of nitrogens with one attached hydrogen (secondary N) is 2. The van der Waals surface area contributed by atoms with Crippen molar-refractivity contribution in [1.29, 1.82) is 0 Å². The number of nitrogens with zero attached hydrogens (tertiary/aromatic N) is 2. The summed E-state index contributed by atoms with van der Waals surface area (Å²) in [5, 5.41) is 7.79. The van der Waals surface area contributed by atoms with E-state index in [1.165, 1.54) is 0 Å². The second kappa shape index (κ2) is 4.73. The zero-order valence-electron chi connectivity index (χ0n) is 12.1. The smallest absolute Gasteiger partial charge is 0.252 e. The number of carbonyl (C=O) groups excluding carboxylic acids is 1. The van der Waals surface area contributed by atoms with Crippen molar-refractivity contribution in [3.8, 4) is 0 Å². The quantitative estimate of drug-likeness (QED) is 0.774. The summed E-state index contributed by atoms with van der Waals surface area (Å²) in [5.74, 6) is 0.752. The molecular formula is C15H16N4O2. The monoisotopic (exact) mass is 284 g/mol. The molecule has 0 atom stereocenters. The Bertz CT molecular complexity index is 801. The number of rotatable bonds is 3. The molecule has 0 bridgehead atoms. The zero-order chi connectivity index (χ0) is 15.0. The molecule has 0 saturated heterocycles. The van der Waals surface area contributed by atoms with E-state index in [0.717, 1.165) is 10.9 Å². The highest BCUT2D eigenvalue weighted by molar-refractivity contribution is 5.98. The van der Waals surface area contributed by atoms with E-state index in [1.807, 2.05) is 38.2 Å². The van der Waals surface area contributed by atoms with Gasteiger partial charge in [-0.15, -0.1) is 0 Å². The summed E-state index contributed by atoms with van der Waals surface area (Å²) < 4.78 is 4.97. The number of aryl methyl sites for hydroxylation is 1. The summed E-state index contributed by atoms with van der Waals surface area (Å²) in [4.78, 5) is 19.7. The summed E-state index contributed by atoms with van der Waals surface area (Å²) in [5.41, 5.74) is 0.886. The van der Waals surface area contributed by atoms with Crippen LogP contribution >= 0.6 is 0 Å². The summed E-state index contributed by atoms with van der Waals surface area (Å²) in [6.45, 7) is 5.39. The van der Waals surface area contributed by atoms with Gasteiger partial charge in [-0.05, 0) is 38.1 Å². The largest absolute Gasteiger partial charge is 0.361 e. The SMILES string of the molecule is Cc1nc(C(C)(C)NC(=O)c2ccc3[nH]ccc3c2)no1. The third-order valence-corrected chi connectivity index (χ3v) is 3.33. The first-order chi connectivity index (χ1) is 9.95. The average molecular weight is 284 g/mol. The minimum atomic E-state index is -0.706. The highest BCUT2D eigenvalue weighted by atomic mass is 16.5. The maximum absolute atomic E-state index is 12.4. The molecule has 2 heterocycles. The molecule has 1 amide bonds. The minimum Gasteiger partial charge on any atom is -0.361 e. The molecule has 108 valence electrons. The Morgan fingerprint density at radius 2 is 2.14 bits per heavy atom. The van der Waals surface area contributed by atoms with Crippen LogP contribution in [0.3, 0.4) is 0 Å². The van der Waals surface area contributed by atoms with Gasteiger partial charge in [-0.3, -0.25) is 4.79 Å². The van der Waals surface area contributed by atoms with Crippen LogP contribution in [0.1, 0.15) is 35.9 Å². The van der Waals surface area contributed by atoms with Crippen molar-refractivity contribution in [2.24, 2.45) is 0 Å². The molecule has 1 aromatic carbocycles. The lowest BCUT2D eigenvalue weighted by molar-refractivity contribution is 0.0907. The summed E-state index contributed by atoms with van der Waals surface area (Å²) in [6, 6.07) is 7.44. The van der Waals surface area contributed by atoms with Crippen molar-refractivity contribution in [3.05, 3.63) is 47.7 Å². The second-order valence-electron chi connectivity index (χ2n) is 5.50. The zero-order valence-corrected chi connectivity index (χ0v) is 12.1. The van der Waals surface area contributed by atoms with Crippen LogP contribution in [0.15, 0.2) is 35.0 Å². The second-order valence-corrected chi connectivity index (χ2v) is 5.50. The number of H-pyrrole nitrogens is 1. The first-order valence-electron chi connectivity index (χ1n) is 6.66. The lowest BCUT2D eigenvalue weighted by Crippen LogP contribution is -2.41. The number of carbonyl (C=O) groups is 1.